The van der Waals surface area contributed by atoms with E-state index in [0.717, 1.165) is 19.3 Å². The van der Waals surface area contributed by atoms with Gasteiger partial charge in [0.2, 0.25) is 0 Å². The summed E-state index contributed by atoms with van der Waals surface area (Å²) in [4.78, 5) is 3.41. The summed E-state index contributed by atoms with van der Waals surface area (Å²) in [6.45, 7) is 6.81. The van der Waals surface area contributed by atoms with Crippen molar-refractivity contribution in [2.24, 2.45) is 0 Å². The van der Waals surface area contributed by atoms with Crippen LogP contribution in [0.2, 0.25) is 0 Å². The average molecular weight is 215 g/mol. The van der Waals surface area contributed by atoms with E-state index in [1.165, 1.54) is 16.8 Å². The third-order valence-electron chi connectivity index (χ3n) is 3.65. The molecule has 0 saturated heterocycles. The molecule has 2 rings (SSSR count). The van der Waals surface area contributed by atoms with Gasteiger partial charge in [0.05, 0.1) is 0 Å². The topological polar surface area (TPSA) is 15.8 Å². The molecule has 0 aromatic carbocycles. The molecule has 0 spiro atoms. The molecule has 0 bridgehead atoms. The Morgan fingerprint density at radius 3 is 2.94 bits per heavy atom. The minimum Gasteiger partial charge on any atom is -0.364 e. The van der Waals surface area contributed by atoms with Crippen molar-refractivity contribution in [2.45, 2.75) is 46.0 Å². The number of fused-ring (bicyclic) bond motifs is 1. The summed E-state index contributed by atoms with van der Waals surface area (Å²) in [5.74, 6) is 0.590. The number of aromatic nitrogens is 1. The van der Waals surface area contributed by atoms with Crippen molar-refractivity contribution in [3.8, 4) is 0 Å². The number of allylic oxidation sites excluding steroid dienone is 4. The Hall–Kier alpha value is -1.24. The summed E-state index contributed by atoms with van der Waals surface area (Å²) < 4.78 is 0. The summed E-state index contributed by atoms with van der Waals surface area (Å²) in [5, 5.41) is 0. The first-order valence-corrected chi connectivity index (χ1v) is 6.25. The average Bonchev–Trinajstić information content (AvgIpc) is 2.76. The normalized spacial score (nSPS) is 27.8. The molecule has 0 radical (unpaired) electrons. The first-order valence-electron chi connectivity index (χ1n) is 6.25. The molecular weight excluding hydrogens is 194 g/mol. The lowest BCUT2D eigenvalue weighted by atomic mass is 9.94. The lowest BCUT2D eigenvalue weighted by Gasteiger charge is -2.12. The van der Waals surface area contributed by atoms with Crippen molar-refractivity contribution in [1.29, 1.82) is 0 Å². The summed E-state index contributed by atoms with van der Waals surface area (Å²) >= 11 is 0. The molecule has 1 aromatic heterocycles. The molecule has 1 aliphatic carbocycles. The highest BCUT2D eigenvalue weighted by Crippen LogP contribution is 2.32. The van der Waals surface area contributed by atoms with Crippen LogP contribution in [0.4, 0.5) is 0 Å². The first-order chi connectivity index (χ1) is 7.74. The summed E-state index contributed by atoms with van der Waals surface area (Å²) in [7, 11) is 0. The van der Waals surface area contributed by atoms with Crippen LogP contribution in [0, 0.1) is 0 Å². The second-order valence-electron chi connectivity index (χ2n) is 4.70. The largest absolute Gasteiger partial charge is 0.364 e. The maximum Gasteiger partial charge on any atom is 0.0255 e. The number of hydrogen-bond acceptors (Lipinski definition) is 0. The van der Waals surface area contributed by atoms with Crippen LogP contribution in [0.15, 0.2) is 30.0 Å². The van der Waals surface area contributed by atoms with Crippen LogP contribution in [-0.4, -0.2) is 4.98 Å². The standard InChI is InChI=1S/C15H21N/c1-4-13-8-6-5-7-11(2)15-14(12(13)3)9-10-16-15/h5-6,9-11,16H,4,7-8H2,1-3H3/b6-5+,13-12-. The number of aromatic amines is 1. The van der Waals surface area contributed by atoms with Gasteiger partial charge in [0.15, 0.2) is 0 Å². The Bertz CT molecular complexity index is 420. The predicted octanol–water partition coefficient (Wildman–Crippen LogP) is 4.65. The van der Waals surface area contributed by atoms with Crippen molar-refractivity contribution in [1.82, 2.24) is 4.98 Å². The number of rotatable bonds is 1. The fraction of sp³-hybridized carbons (Fsp3) is 0.467. The molecule has 0 amide bonds. The van der Waals surface area contributed by atoms with E-state index in [2.05, 4.69) is 50.2 Å². The fourth-order valence-electron chi connectivity index (χ4n) is 2.51. The molecule has 1 heteroatoms. The van der Waals surface area contributed by atoms with Crippen molar-refractivity contribution in [3.05, 3.63) is 41.2 Å². The van der Waals surface area contributed by atoms with Gasteiger partial charge in [-0.25, -0.2) is 0 Å². The molecule has 86 valence electrons. The quantitative estimate of drug-likeness (QED) is 0.656. The zero-order chi connectivity index (χ0) is 11.5. The molecule has 1 unspecified atom stereocenters. The van der Waals surface area contributed by atoms with Gasteiger partial charge in [0.1, 0.15) is 0 Å². The molecule has 0 fully saturated rings. The second kappa shape index (κ2) is 4.73. The Kier molecular flexibility index (Phi) is 3.33. The van der Waals surface area contributed by atoms with Gasteiger partial charge in [-0.1, -0.05) is 31.6 Å². The molecule has 0 saturated carbocycles. The minimum atomic E-state index is 0.590. The first kappa shape index (κ1) is 11.3. The zero-order valence-electron chi connectivity index (χ0n) is 10.5. The lowest BCUT2D eigenvalue weighted by molar-refractivity contribution is 0.753. The van der Waals surface area contributed by atoms with E-state index in [-0.39, 0.29) is 0 Å². The number of nitrogens with one attached hydrogen (secondary N) is 1. The summed E-state index contributed by atoms with van der Waals surface area (Å²) in [5.41, 5.74) is 5.85. The molecule has 1 aromatic rings. The highest BCUT2D eigenvalue weighted by atomic mass is 14.7. The van der Waals surface area contributed by atoms with E-state index < -0.39 is 0 Å². The van der Waals surface area contributed by atoms with Crippen LogP contribution in [0.5, 0.6) is 0 Å². The maximum atomic E-state index is 3.41. The Morgan fingerprint density at radius 1 is 1.38 bits per heavy atom. The number of hydrogen-bond donors (Lipinski definition) is 1. The third-order valence-corrected chi connectivity index (χ3v) is 3.65. The molecule has 1 heterocycles. The van der Waals surface area contributed by atoms with Crippen molar-refractivity contribution >= 4 is 5.57 Å². The Labute approximate surface area is 98.3 Å². The molecule has 1 aliphatic rings. The molecule has 1 atom stereocenters. The highest BCUT2D eigenvalue weighted by Gasteiger charge is 2.14. The summed E-state index contributed by atoms with van der Waals surface area (Å²) in [6.07, 6.45) is 10.1. The fourth-order valence-corrected chi connectivity index (χ4v) is 2.51. The molecular formula is C15H21N. The van der Waals surface area contributed by atoms with Gasteiger partial charge in [-0.3, -0.25) is 0 Å². The zero-order valence-corrected chi connectivity index (χ0v) is 10.5. The second-order valence-corrected chi connectivity index (χ2v) is 4.70. The molecule has 16 heavy (non-hydrogen) atoms. The van der Waals surface area contributed by atoms with E-state index in [1.54, 1.807) is 5.57 Å². The monoisotopic (exact) mass is 215 g/mol. The van der Waals surface area contributed by atoms with E-state index in [9.17, 15) is 0 Å². The van der Waals surface area contributed by atoms with Crippen molar-refractivity contribution in [3.63, 3.8) is 0 Å². The van der Waals surface area contributed by atoms with E-state index >= 15 is 0 Å². The van der Waals surface area contributed by atoms with E-state index in [0.29, 0.717) is 5.92 Å². The molecule has 1 N–H and O–H groups in total. The lowest BCUT2D eigenvalue weighted by Crippen LogP contribution is -1.96. The van der Waals surface area contributed by atoms with Crippen LogP contribution in [0.1, 0.15) is 57.2 Å². The van der Waals surface area contributed by atoms with E-state index in [4.69, 9.17) is 0 Å². The van der Waals surface area contributed by atoms with Crippen LogP contribution >= 0.6 is 0 Å². The van der Waals surface area contributed by atoms with E-state index in [1.807, 2.05) is 0 Å². The van der Waals surface area contributed by atoms with Gasteiger partial charge in [0, 0.05) is 17.8 Å². The van der Waals surface area contributed by atoms with Gasteiger partial charge < -0.3 is 4.98 Å². The SMILES string of the molecule is CC/C1=C(\C)c2cc[nH]c2C(C)C/C=C/C1. The summed E-state index contributed by atoms with van der Waals surface area (Å²) in [6, 6.07) is 2.22. The van der Waals surface area contributed by atoms with Crippen LogP contribution in [0.3, 0.4) is 0 Å². The molecule has 0 aliphatic heterocycles. The van der Waals surface area contributed by atoms with Crippen molar-refractivity contribution < 1.29 is 0 Å². The third kappa shape index (κ3) is 1.99. The minimum absolute atomic E-state index is 0.590. The van der Waals surface area contributed by atoms with Gasteiger partial charge in [-0.15, -0.1) is 0 Å². The predicted molar refractivity (Wildman–Crippen MR) is 70.5 cm³/mol. The Morgan fingerprint density at radius 2 is 2.19 bits per heavy atom. The van der Waals surface area contributed by atoms with Crippen LogP contribution in [0.25, 0.3) is 5.57 Å². The van der Waals surface area contributed by atoms with Gasteiger partial charge in [-0.2, -0.15) is 0 Å². The number of H-pyrrole nitrogens is 1. The maximum absolute atomic E-state index is 3.41. The Balaban J connectivity index is 2.52. The molecule has 1 nitrogen and oxygen atoms in total. The van der Waals surface area contributed by atoms with Crippen LogP contribution < -0.4 is 0 Å². The smallest absolute Gasteiger partial charge is 0.0255 e. The van der Waals surface area contributed by atoms with Gasteiger partial charge in [-0.05, 0) is 43.4 Å². The van der Waals surface area contributed by atoms with Crippen LogP contribution in [-0.2, 0) is 0 Å². The van der Waals surface area contributed by atoms with Gasteiger partial charge >= 0.3 is 0 Å². The van der Waals surface area contributed by atoms with Crippen molar-refractivity contribution in [2.75, 3.05) is 0 Å². The highest BCUT2D eigenvalue weighted by molar-refractivity contribution is 5.69. The van der Waals surface area contributed by atoms with Gasteiger partial charge in [0.25, 0.3) is 0 Å².